The Morgan fingerprint density at radius 1 is 0.964 bits per heavy atom. The summed E-state index contributed by atoms with van der Waals surface area (Å²) in [6.45, 7) is 4.69. The van der Waals surface area contributed by atoms with Crippen LogP contribution in [0, 0.1) is 0 Å². The molecule has 4 N–H and O–H groups in total. The van der Waals surface area contributed by atoms with Crippen molar-refractivity contribution in [3.8, 4) is 11.5 Å². The van der Waals surface area contributed by atoms with Gasteiger partial charge in [0.15, 0.2) is 11.5 Å². The van der Waals surface area contributed by atoms with Crippen molar-refractivity contribution in [1.82, 2.24) is 4.90 Å². The van der Waals surface area contributed by atoms with Crippen LogP contribution in [0.15, 0.2) is 24.3 Å². The smallest absolute Gasteiger partial charge is 0.261 e. The minimum absolute atomic E-state index is 0.188. The van der Waals surface area contributed by atoms with E-state index in [1.54, 1.807) is 36.9 Å². The highest BCUT2D eigenvalue weighted by molar-refractivity contribution is 7.85. The highest BCUT2D eigenvalue weighted by Crippen LogP contribution is 2.24. The van der Waals surface area contributed by atoms with Gasteiger partial charge in [-0.05, 0) is 38.8 Å². The monoisotopic (exact) mass is 421 g/mol. The summed E-state index contributed by atoms with van der Waals surface area (Å²) in [5, 5.41) is 28.6. The van der Waals surface area contributed by atoms with Gasteiger partial charge in [0.05, 0.1) is 12.9 Å². The van der Waals surface area contributed by atoms with Crippen LogP contribution in [0.5, 0.6) is 11.5 Å². The fraction of sp³-hybridized carbons (Fsp3) is 0.684. The van der Waals surface area contributed by atoms with E-state index in [0.29, 0.717) is 25.2 Å². The zero-order valence-electron chi connectivity index (χ0n) is 17.0. The molecule has 2 unspecified atom stereocenters. The molecule has 164 valence electrons. The van der Waals surface area contributed by atoms with Gasteiger partial charge in [-0.2, -0.15) is 8.42 Å². The largest absolute Gasteiger partial charge is 0.504 e. The lowest BCUT2D eigenvalue weighted by Crippen LogP contribution is -2.40. The van der Waals surface area contributed by atoms with E-state index in [2.05, 4.69) is 0 Å². The van der Waals surface area contributed by atoms with Crippen LogP contribution >= 0.6 is 0 Å². The number of hydrogen-bond donors (Lipinski definition) is 4. The standard InChI is InChI=1S/C18H31NO4.CH4O3S/c1-15(20)19(16(2)21)13-9-5-3-4-6-10-14-23-18-12-8-7-11-17(18)22;1-5(2,3)4/h7-8,11-12,15-16,20-22H,3-6,9-10,13-14H2,1-2H3;1H3,(H,2,3,4). The molecular formula is C19H35NO7S. The van der Waals surface area contributed by atoms with Crippen LogP contribution in [0.1, 0.15) is 52.4 Å². The summed E-state index contributed by atoms with van der Waals surface area (Å²) < 4.78 is 31.4. The number of phenolic OH excluding ortho intramolecular Hbond substituents is 1. The van der Waals surface area contributed by atoms with E-state index in [9.17, 15) is 23.7 Å². The lowest BCUT2D eigenvalue weighted by atomic mass is 10.1. The van der Waals surface area contributed by atoms with E-state index in [4.69, 9.17) is 9.29 Å². The van der Waals surface area contributed by atoms with Crippen LogP contribution in [0.4, 0.5) is 0 Å². The molecule has 0 spiro atoms. The van der Waals surface area contributed by atoms with E-state index >= 15 is 0 Å². The molecule has 0 fully saturated rings. The number of benzene rings is 1. The van der Waals surface area contributed by atoms with Crippen molar-refractivity contribution in [1.29, 1.82) is 0 Å². The first-order chi connectivity index (χ1) is 13.0. The number of nitrogens with zero attached hydrogens (tertiary/aromatic N) is 1. The fourth-order valence-electron chi connectivity index (χ4n) is 2.55. The number of aromatic hydroxyl groups is 1. The molecule has 1 aromatic rings. The predicted molar refractivity (Wildman–Crippen MR) is 109 cm³/mol. The van der Waals surface area contributed by atoms with Crippen LogP contribution in [-0.2, 0) is 10.1 Å². The molecule has 28 heavy (non-hydrogen) atoms. The van der Waals surface area contributed by atoms with Gasteiger partial charge in [0, 0.05) is 6.54 Å². The summed E-state index contributed by atoms with van der Waals surface area (Å²) >= 11 is 0. The van der Waals surface area contributed by atoms with Gasteiger partial charge in [-0.1, -0.05) is 37.8 Å². The van der Waals surface area contributed by atoms with Crippen LogP contribution in [-0.4, -0.2) is 65.1 Å². The summed E-state index contributed by atoms with van der Waals surface area (Å²) in [5.74, 6) is 0.733. The minimum Gasteiger partial charge on any atom is -0.504 e. The molecule has 0 aliphatic rings. The molecule has 0 saturated heterocycles. The molecule has 0 aliphatic carbocycles. The first-order valence-electron chi connectivity index (χ1n) is 9.47. The van der Waals surface area contributed by atoms with Crippen molar-refractivity contribution in [2.24, 2.45) is 0 Å². The Morgan fingerprint density at radius 2 is 1.43 bits per heavy atom. The third-order valence-electron chi connectivity index (χ3n) is 3.89. The van der Waals surface area contributed by atoms with Crippen LogP contribution in [0.3, 0.4) is 0 Å². The number of rotatable bonds is 12. The molecule has 2 atom stereocenters. The molecule has 0 aliphatic heterocycles. The lowest BCUT2D eigenvalue weighted by molar-refractivity contribution is -0.0844. The van der Waals surface area contributed by atoms with Crippen LogP contribution < -0.4 is 4.74 Å². The average Bonchev–Trinajstić information content (AvgIpc) is 2.56. The predicted octanol–water partition coefficient (Wildman–Crippen LogP) is 2.59. The number of aliphatic hydroxyl groups excluding tert-OH is 2. The van der Waals surface area contributed by atoms with Crippen LogP contribution in [0.25, 0.3) is 0 Å². The highest BCUT2D eigenvalue weighted by atomic mass is 32.2. The maximum absolute atomic E-state index is 9.57. The summed E-state index contributed by atoms with van der Waals surface area (Å²) in [4.78, 5) is 1.68. The first kappa shape index (κ1) is 26.6. The van der Waals surface area contributed by atoms with E-state index in [1.165, 1.54) is 0 Å². The Morgan fingerprint density at radius 3 is 1.93 bits per heavy atom. The molecule has 1 aromatic carbocycles. The molecule has 0 radical (unpaired) electrons. The van der Waals surface area contributed by atoms with Crippen molar-refractivity contribution < 1.29 is 33.0 Å². The highest BCUT2D eigenvalue weighted by Gasteiger charge is 2.14. The summed E-state index contributed by atoms with van der Waals surface area (Å²) in [6, 6.07) is 7.02. The van der Waals surface area contributed by atoms with Gasteiger partial charge in [0.25, 0.3) is 10.1 Å². The minimum atomic E-state index is -3.67. The first-order valence-corrected chi connectivity index (χ1v) is 11.3. The van der Waals surface area contributed by atoms with E-state index in [-0.39, 0.29) is 5.75 Å². The lowest BCUT2D eigenvalue weighted by Gasteiger charge is -2.27. The molecule has 1 rings (SSSR count). The summed E-state index contributed by atoms with van der Waals surface area (Å²) in [5.41, 5.74) is 0. The second-order valence-corrected chi connectivity index (χ2v) is 8.14. The van der Waals surface area contributed by atoms with Gasteiger partial charge in [-0.15, -0.1) is 0 Å². The topological polar surface area (TPSA) is 128 Å². The number of para-hydroxylation sites is 2. The van der Waals surface area contributed by atoms with Crippen molar-refractivity contribution in [2.75, 3.05) is 19.4 Å². The normalized spacial score (nSPS) is 13.5. The van der Waals surface area contributed by atoms with Crippen molar-refractivity contribution in [3.05, 3.63) is 24.3 Å². The third-order valence-corrected chi connectivity index (χ3v) is 3.89. The Hall–Kier alpha value is -1.39. The molecule has 0 amide bonds. The second-order valence-electron chi connectivity index (χ2n) is 6.67. The molecule has 8 nitrogen and oxygen atoms in total. The zero-order chi connectivity index (χ0) is 21.6. The number of hydrogen-bond acceptors (Lipinski definition) is 7. The Balaban J connectivity index is 0.00000129. The SMILES string of the molecule is CC(O)N(CCCCCCCCOc1ccccc1O)C(C)O.CS(=O)(=O)O. The van der Waals surface area contributed by atoms with Gasteiger partial charge in [0.2, 0.25) is 0 Å². The van der Waals surface area contributed by atoms with Gasteiger partial charge in [-0.25, -0.2) is 0 Å². The molecule has 9 heteroatoms. The Labute approximate surface area is 168 Å². The average molecular weight is 422 g/mol. The summed E-state index contributed by atoms with van der Waals surface area (Å²) in [6.07, 6.45) is 5.93. The van der Waals surface area contributed by atoms with Crippen LogP contribution in [0.2, 0.25) is 0 Å². The van der Waals surface area contributed by atoms with Crippen molar-refractivity contribution >= 4 is 10.1 Å². The Kier molecular flexibility index (Phi) is 13.9. The fourth-order valence-corrected chi connectivity index (χ4v) is 2.55. The van der Waals surface area contributed by atoms with E-state index < -0.39 is 22.6 Å². The summed E-state index contributed by atoms with van der Waals surface area (Å²) in [7, 11) is -3.67. The number of aliphatic hydroxyl groups is 2. The van der Waals surface area contributed by atoms with Gasteiger partial charge in [-0.3, -0.25) is 9.45 Å². The quantitative estimate of drug-likeness (QED) is 0.230. The van der Waals surface area contributed by atoms with E-state index in [0.717, 1.165) is 38.5 Å². The Bertz CT molecular complexity index is 604. The zero-order valence-corrected chi connectivity index (χ0v) is 17.8. The number of ether oxygens (including phenoxy) is 1. The molecular weight excluding hydrogens is 386 g/mol. The molecule has 0 bridgehead atoms. The second kappa shape index (κ2) is 14.6. The van der Waals surface area contributed by atoms with E-state index in [1.807, 2.05) is 6.07 Å². The van der Waals surface area contributed by atoms with Gasteiger partial charge in [0.1, 0.15) is 12.5 Å². The molecule has 0 saturated carbocycles. The van der Waals surface area contributed by atoms with Gasteiger partial charge < -0.3 is 20.1 Å². The maximum Gasteiger partial charge on any atom is 0.261 e. The van der Waals surface area contributed by atoms with Gasteiger partial charge >= 0.3 is 0 Å². The number of phenols is 1. The van der Waals surface area contributed by atoms with Crippen molar-refractivity contribution in [2.45, 2.75) is 64.8 Å². The molecule has 0 aromatic heterocycles. The molecule has 0 heterocycles. The third kappa shape index (κ3) is 15.6. The maximum atomic E-state index is 9.57. The number of unbranched alkanes of at least 4 members (excludes halogenated alkanes) is 5. The van der Waals surface area contributed by atoms with Crippen molar-refractivity contribution in [3.63, 3.8) is 0 Å².